The summed E-state index contributed by atoms with van der Waals surface area (Å²) in [5.41, 5.74) is 4.91. The third kappa shape index (κ3) is 5.02. The first-order chi connectivity index (χ1) is 18.1. The molecule has 7 heteroatoms. The summed E-state index contributed by atoms with van der Waals surface area (Å²) < 4.78 is 7.86. The number of aromatic nitrogens is 2. The largest absolute Gasteiger partial charge is 0.451 e. The summed E-state index contributed by atoms with van der Waals surface area (Å²) >= 11 is 0. The number of amides is 2. The van der Waals surface area contributed by atoms with Crippen LogP contribution in [0.5, 0.6) is 0 Å². The van der Waals surface area contributed by atoms with E-state index in [9.17, 15) is 9.59 Å². The number of benzene rings is 3. The van der Waals surface area contributed by atoms with Crippen molar-refractivity contribution in [3.05, 3.63) is 102 Å². The molecule has 0 atom stereocenters. The molecular weight excluding hydrogens is 464 g/mol. The third-order valence-electron chi connectivity index (χ3n) is 6.60. The predicted octanol–water partition coefficient (Wildman–Crippen LogP) is 6.07. The van der Waals surface area contributed by atoms with Crippen molar-refractivity contribution in [1.82, 2.24) is 9.55 Å². The molecule has 0 saturated carbocycles. The van der Waals surface area contributed by atoms with Crippen LogP contribution < -0.4 is 10.6 Å². The molecule has 1 aliphatic heterocycles. The Bertz CT molecular complexity index is 1520. The zero-order valence-corrected chi connectivity index (χ0v) is 20.2. The van der Waals surface area contributed by atoms with Crippen LogP contribution in [0.3, 0.4) is 0 Å². The molecule has 3 heterocycles. The monoisotopic (exact) mass is 490 g/mol. The van der Waals surface area contributed by atoms with Crippen LogP contribution in [0.15, 0.2) is 89.5 Å². The number of aryl methyl sites for hydroxylation is 2. The lowest BCUT2D eigenvalue weighted by Crippen LogP contribution is -2.14. The number of carbonyl (C=O) groups excluding carboxylic acids is 2. The van der Waals surface area contributed by atoms with Crippen molar-refractivity contribution in [3.63, 3.8) is 0 Å². The zero-order valence-electron chi connectivity index (χ0n) is 20.2. The fourth-order valence-corrected chi connectivity index (χ4v) is 4.66. The van der Waals surface area contributed by atoms with Gasteiger partial charge in [-0.15, -0.1) is 0 Å². The first-order valence-electron chi connectivity index (χ1n) is 12.5. The topological polar surface area (TPSA) is 89.2 Å². The maximum Gasteiger partial charge on any atom is 0.291 e. The molecule has 0 bridgehead atoms. The Hall–Kier alpha value is -4.65. The molecule has 0 aliphatic carbocycles. The van der Waals surface area contributed by atoms with E-state index >= 15 is 0 Å². The number of nitrogens with zero attached hydrogens (tertiary/aromatic N) is 2. The Kier molecular flexibility index (Phi) is 6.02. The Morgan fingerprint density at radius 1 is 0.892 bits per heavy atom. The van der Waals surface area contributed by atoms with Gasteiger partial charge in [0.15, 0.2) is 5.76 Å². The third-order valence-corrected chi connectivity index (χ3v) is 6.60. The second-order valence-corrected chi connectivity index (χ2v) is 9.29. The number of furan rings is 1. The number of carbonyl (C=O) groups is 2. The Morgan fingerprint density at radius 2 is 1.65 bits per heavy atom. The summed E-state index contributed by atoms with van der Waals surface area (Å²) in [7, 11) is 0. The lowest BCUT2D eigenvalue weighted by molar-refractivity contribution is -0.115. The molecule has 37 heavy (non-hydrogen) atoms. The second kappa shape index (κ2) is 9.78. The van der Waals surface area contributed by atoms with Crippen LogP contribution in [0.2, 0.25) is 0 Å². The van der Waals surface area contributed by atoms with E-state index in [1.807, 2.05) is 60.7 Å². The highest BCUT2D eigenvalue weighted by molar-refractivity contribution is 6.04. The van der Waals surface area contributed by atoms with Gasteiger partial charge in [0.1, 0.15) is 11.4 Å². The summed E-state index contributed by atoms with van der Waals surface area (Å²) in [5.74, 6) is 0.979. The van der Waals surface area contributed by atoms with Crippen LogP contribution in [-0.4, -0.2) is 21.4 Å². The molecule has 1 aliphatic rings. The summed E-state index contributed by atoms with van der Waals surface area (Å²) in [5, 5.41) is 6.67. The molecule has 2 amide bonds. The van der Waals surface area contributed by atoms with Crippen molar-refractivity contribution in [2.24, 2.45) is 0 Å². The Labute approximate surface area is 214 Å². The number of fused-ring (bicyclic) bond motifs is 2. The lowest BCUT2D eigenvalue weighted by Gasteiger charge is -2.11. The first kappa shape index (κ1) is 22.8. The molecule has 2 aromatic heterocycles. The first-order valence-corrected chi connectivity index (χ1v) is 12.5. The molecule has 0 radical (unpaired) electrons. The van der Waals surface area contributed by atoms with E-state index in [0.717, 1.165) is 46.7 Å². The van der Waals surface area contributed by atoms with E-state index in [4.69, 9.17) is 9.40 Å². The van der Waals surface area contributed by atoms with Crippen molar-refractivity contribution in [2.45, 2.75) is 32.2 Å². The van der Waals surface area contributed by atoms with Crippen LogP contribution in [-0.2, 0) is 24.2 Å². The normalized spacial score (nSPS) is 12.8. The molecule has 3 aromatic carbocycles. The number of nitrogens with one attached hydrogen (secondary N) is 2. The van der Waals surface area contributed by atoms with Crippen molar-refractivity contribution in [2.75, 3.05) is 10.6 Å². The summed E-state index contributed by atoms with van der Waals surface area (Å²) in [6.45, 7) is 1.03. The van der Waals surface area contributed by atoms with Gasteiger partial charge in [0.25, 0.3) is 5.91 Å². The average Bonchev–Trinajstić information content (AvgIpc) is 3.55. The number of rotatable bonds is 6. The van der Waals surface area contributed by atoms with Gasteiger partial charge in [-0.2, -0.15) is 0 Å². The van der Waals surface area contributed by atoms with E-state index in [0.29, 0.717) is 11.3 Å². The van der Waals surface area contributed by atoms with Crippen LogP contribution in [0.1, 0.15) is 34.8 Å². The second-order valence-electron chi connectivity index (χ2n) is 9.29. The minimum Gasteiger partial charge on any atom is -0.451 e. The maximum atomic E-state index is 12.6. The van der Waals surface area contributed by atoms with Gasteiger partial charge in [0.2, 0.25) is 5.91 Å². The summed E-state index contributed by atoms with van der Waals surface area (Å²) in [4.78, 5) is 29.9. The highest BCUT2D eigenvalue weighted by Crippen LogP contribution is 2.24. The van der Waals surface area contributed by atoms with Gasteiger partial charge in [-0.25, -0.2) is 4.98 Å². The highest BCUT2D eigenvalue weighted by Gasteiger charge is 2.14. The molecule has 184 valence electrons. The summed E-state index contributed by atoms with van der Waals surface area (Å²) in [6, 6.07) is 24.2. The standard InChI is InChI=1S/C30H26N4O3/c35-29(31-23-14-10-21(11-15-23)25-19-34-16-4-3-7-28(34)33-25)17-20-8-12-24(13-9-20)32-30(36)27-18-22-5-1-2-6-26(22)37-27/h1-2,5-6,8-15,18-19H,3-4,7,16-17H2,(H,31,35)(H,32,36). The van der Waals surface area contributed by atoms with E-state index < -0.39 is 0 Å². The molecule has 7 nitrogen and oxygen atoms in total. The maximum absolute atomic E-state index is 12.6. The Morgan fingerprint density at radius 3 is 2.43 bits per heavy atom. The van der Waals surface area contributed by atoms with Crippen molar-refractivity contribution >= 4 is 34.2 Å². The number of para-hydroxylation sites is 1. The fourth-order valence-electron chi connectivity index (χ4n) is 4.66. The molecule has 5 aromatic rings. The van der Waals surface area contributed by atoms with Crippen LogP contribution >= 0.6 is 0 Å². The summed E-state index contributed by atoms with van der Waals surface area (Å²) in [6.07, 6.45) is 5.77. The van der Waals surface area contributed by atoms with Crippen LogP contribution in [0.4, 0.5) is 11.4 Å². The fraction of sp³-hybridized carbons (Fsp3) is 0.167. The highest BCUT2D eigenvalue weighted by atomic mass is 16.3. The van der Waals surface area contributed by atoms with E-state index in [1.54, 1.807) is 18.2 Å². The molecule has 0 fully saturated rings. The lowest BCUT2D eigenvalue weighted by atomic mass is 10.1. The average molecular weight is 491 g/mol. The smallest absolute Gasteiger partial charge is 0.291 e. The SMILES string of the molecule is O=C(Cc1ccc(NC(=O)c2cc3ccccc3o2)cc1)Nc1ccc(-c2cn3c(n2)CCCC3)cc1. The molecule has 2 N–H and O–H groups in total. The van der Waals surface area contributed by atoms with Gasteiger partial charge in [0.05, 0.1) is 12.1 Å². The van der Waals surface area contributed by atoms with Gasteiger partial charge in [-0.1, -0.05) is 42.5 Å². The molecular formula is C30H26N4O3. The van der Waals surface area contributed by atoms with Gasteiger partial charge < -0.3 is 19.6 Å². The van der Waals surface area contributed by atoms with Crippen LogP contribution in [0.25, 0.3) is 22.2 Å². The van der Waals surface area contributed by atoms with E-state index in [-0.39, 0.29) is 24.0 Å². The van der Waals surface area contributed by atoms with Gasteiger partial charge in [-0.05, 0) is 54.8 Å². The quantitative estimate of drug-likeness (QED) is 0.303. The van der Waals surface area contributed by atoms with Crippen molar-refractivity contribution < 1.29 is 14.0 Å². The van der Waals surface area contributed by atoms with Crippen LogP contribution in [0, 0.1) is 0 Å². The Balaban J connectivity index is 1.04. The minimum absolute atomic E-state index is 0.107. The number of imidazole rings is 1. The predicted molar refractivity (Wildman–Crippen MR) is 144 cm³/mol. The van der Waals surface area contributed by atoms with Gasteiger partial charge in [0, 0.05) is 41.5 Å². The van der Waals surface area contributed by atoms with E-state index in [2.05, 4.69) is 21.4 Å². The van der Waals surface area contributed by atoms with Crippen molar-refractivity contribution in [1.29, 1.82) is 0 Å². The molecule has 0 spiro atoms. The van der Waals surface area contributed by atoms with E-state index in [1.165, 1.54) is 12.8 Å². The molecule has 0 unspecified atom stereocenters. The zero-order chi connectivity index (χ0) is 25.2. The minimum atomic E-state index is -0.319. The number of hydrogen-bond acceptors (Lipinski definition) is 4. The van der Waals surface area contributed by atoms with Gasteiger partial charge >= 0.3 is 0 Å². The number of anilines is 2. The van der Waals surface area contributed by atoms with Crippen molar-refractivity contribution in [3.8, 4) is 11.3 Å². The molecule has 0 saturated heterocycles. The number of hydrogen-bond donors (Lipinski definition) is 2. The van der Waals surface area contributed by atoms with Gasteiger partial charge in [-0.3, -0.25) is 9.59 Å². The molecule has 6 rings (SSSR count).